The topological polar surface area (TPSA) is 26.3 Å². The first-order valence-electron chi connectivity index (χ1n) is 3.08. The zero-order chi connectivity index (χ0) is 7.82. The van der Waals surface area contributed by atoms with Crippen molar-refractivity contribution >= 4 is 21.9 Å². The van der Waals surface area contributed by atoms with Crippen LogP contribution in [-0.2, 0) is 9.53 Å². The second kappa shape index (κ2) is 6.99. The SMILES string of the molecule is O=C(CF)OCCCCBr. The Morgan fingerprint density at radius 2 is 2.20 bits per heavy atom. The van der Waals surface area contributed by atoms with Gasteiger partial charge in [0.25, 0.3) is 0 Å². The average Bonchev–Trinajstić information content (AvgIpc) is 1.98. The van der Waals surface area contributed by atoms with Gasteiger partial charge in [0.05, 0.1) is 6.61 Å². The van der Waals surface area contributed by atoms with Crippen molar-refractivity contribution in [1.29, 1.82) is 0 Å². The van der Waals surface area contributed by atoms with Gasteiger partial charge in [-0.2, -0.15) is 0 Å². The van der Waals surface area contributed by atoms with Crippen molar-refractivity contribution in [3.8, 4) is 0 Å². The van der Waals surface area contributed by atoms with Crippen LogP contribution in [0.25, 0.3) is 0 Å². The van der Waals surface area contributed by atoms with Crippen LogP contribution in [0.2, 0.25) is 0 Å². The molecular formula is C6H10BrFO2. The Balaban J connectivity index is 2.96. The second-order valence-electron chi connectivity index (χ2n) is 1.75. The molecule has 0 unspecified atom stereocenters. The molecule has 0 aliphatic carbocycles. The number of ether oxygens (including phenoxy) is 1. The monoisotopic (exact) mass is 212 g/mol. The highest BCUT2D eigenvalue weighted by molar-refractivity contribution is 9.09. The number of esters is 1. The van der Waals surface area contributed by atoms with Gasteiger partial charge in [-0.15, -0.1) is 0 Å². The van der Waals surface area contributed by atoms with E-state index in [0.29, 0.717) is 6.61 Å². The fourth-order valence-electron chi connectivity index (χ4n) is 0.421. The molecule has 0 heterocycles. The van der Waals surface area contributed by atoms with E-state index >= 15 is 0 Å². The summed E-state index contributed by atoms with van der Waals surface area (Å²) in [6.07, 6.45) is 1.73. The third-order valence-electron chi connectivity index (χ3n) is 0.900. The van der Waals surface area contributed by atoms with Crippen LogP contribution in [0.1, 0.15) is 12.8 Å². The fraction of sp³-hybridized carbons (Fsp3) is 0.833. The predicted octanol–water partition coefficient (Wildman–Crippen LogP) is 1.67. The molecule has 0 N–H and O–H groups in total. The lowest BCUT2D eigenvalue weighted by molar-refractivity contribution is -0.144. The summed E-state index contributed by atoms with van der Waals surface area (Å²) in [6.45, 7) is -0.692. The van der Waals surface area contributed by atoms with E-state index in [9.17, 15) is 9.18 Å². The number of unbranched alkanes of at least 4 members (excludes halogenated alkanes) is 1. The number of alkyl halides is 2. The minimum absolute atomic E-state index is 0.328. The van der Waals surface area contributed by atoms with E-state index in [1.165, 1.54) is 0 Å². The Labute approximate surface area is 67.9 Å². The lowest BCUT2D eigenvalue weighted by Crippen LogP contribution is -2.07. The summed E-state index contributed by atoms with van der Waals surface area (Å²) >= 11 is 3.22. The van der Waals surface area contributed by atoms with Gasteiger partial charge in [0, 0.05) is 5.33 Å². The molecule has 60 valence electrons. The molecule has 0 fully saturated rings. The van der Waals surface area contributed by atoms with Gasteiger partial charge < -0.3 is 4.74 Å². The molecule has 0 aromatic rings. The van der Waals surface area contributed by atoms with E-state index in [2.05, 4.69) is 20.7 Å². The van der Waals surface area contributed by atoms with E-state index in [1.54, 1.807) is 0 Å². The Hall–Kier alpha value is -0.120. The summed E-state index contributed by atoms with van der Waals surface area (Å²) < 4.78 is 15.9. The molecule has 0 bridgehead atoms. The van der Waals surface area contributed by atoms with Gasteiger partial charge in [0.1, 0.15) is 0 Å². The van der Waals surface area contributed by atoms with Crippen molar-refractivity contribution in [1.82, 2.24) is 0 Å². The van der Waals surface area contributed by atoms with Crippen molar-refractivity contribution in [2.24, 2.45) is 0 Å². The largest absolute Gasteiger partial charge is 0.464 e. The maximum atomic E-state index is 11.4. The molecule has 0 saturated heterocycles. The first kappa shape index (κ1) is 9.88. The van der Waals surface area contributed by atoms with E-state index < -0.39 is 12.6 Å². The van der Waals surface area contributed by atoms with Crippen LogP contribution in [0.4, 0.5) is 4.39 Å². The molecule has 0 rings (SSSR count). The molecule has 0 amide bonds. The van der Waals surface area contributed by atoms with Crippen LogP contribution in [0.5, 0.6) is 0 Å². The van der Waals surface area contributed by atoms with Crippen molar-refractivity contribution in [2.45, 2.75) is 12.8 Å². The van der Waals surface area contributed by atoms with Crippen LogP contribution in [0, 0.1) is 0 Å². The predicted molar refractivity (Wildman–Crippen MR) is 40.0 cm³/mol. The average molecular weight is 213 g/mol. The zero-order valence-corrected chi connectivity index (χ0v) is 7.19. The standard InChI is InChI=1S/C6H10BrFO2/c7-3-1-2-4-10-6(9)5-8/h1-5H2. The molecule has 0 aliphatic heterocycles. The van der Waals surface area contributed by atoms with Crippen LogP contribution in [0.3, 0.4) is 0 Å². The number of rotatable bonds is 5. The first-order valence-corrected chi connectivity index (χ1v) is 4.21. The quantitative estimate of drug-likeness (QED) is 0.394. The molecule has 0 aromatic carbocycles. The normalized spacial score (nSPS) is 9.40. The summed E-state index contributed by atoms with van der Waals surface area (Å²) in [6, 6.07) is 0. The fourth-order valence-corrected chi connectivity index (χ4v) is 0.818. The number of hydrogen-bond acceptors (Lipinski definition) is 2. The highest BCUT2D eigenvalue weighted by atomic mass is 79.9. The van der Waals surface area contributed by atoms with Crippen molar-refractivity contribution in [2.75, 3.05) is 18.6 Å². The molecule has 0 spiro atoms. The second-order valence-corrected chi connectivity index (χ2v) is 2.54. The molecular weight excluding hydrogens is 203 g/mol. The smallest absolute Gasteiger partial charge is 0.337 e. The van der Waals surface area contributed by atoms with Crippen LogP contribution < -0.4 is 0 Å². The van der Waals surface area contributed by atoms with E-state index in [0.717, 1.165) is 18.2 Å². The molecule has 0 saturated carbocycles. The molecule has 0 radical (unpaired) electrons. The van der Waals surface area contributed by atoms with Crippen molar-refractivity contribution in [3.63, 3.8) is 0 Å². The van der Waals surface area contributed by atoms with E-state index in [4.69, 9.17) is 0 Å². The van der Waals surface area contributed by atoms with Gasteiger partial charge in [-0.25, -0.2) is 9.18 Å². The lowest BCUT2D eigenvalue weighted by Gasteiger charge is -1.99. The Morgan fingerprint density at radius 3 is 2.70 bits per heavy atom. The highest BCUT2D eigenvalue weighted by Crippen LogP contribution is 1.94. The minimum atomic E-state index is -1.02. The van der Waals surface area contributed by atoms with Crippen molar-refractivity contribution < 1.29 is 13.9 Å². The van der Waals surface area contributed by atoms with Gasteiger partial charge in [-0.3, -0.25) is 0 Å². The summed E-state index contributed by atoms with van der Waals surface area (Å²) in [7, 11) is 0. The zero-order valence-electron chi connectivity index (χ0n) is 5.61. The number of carbonyl (C=O) groups is 1. The van der Waals surface area contributed by atoms with Gasteiger partial charge in [0.15, 0.2) is 6.67 Å². The lowest BCUT2D eigenvalue weighted by atomic mass is 10.4. The Kier molecular flexibility index (Phi) is 6.91. The van der Waals surface area contributed by atoms with Gasteiger partial charge >= 0.3 is 5.97 Å². The molecule has 0 atom stereocenters. The summed E-state index contributed by atoms with van der Waals surface area (Å²) in [5.74, 6) is -0.769. The summed E-state index contributed by atoms with van der Waals surface area (Å²) in [5, 5.41) is 0.889. The van der Waals surface area contributed by atoms with Crippen LogP contribution in [0.15, 0.2) is 0 Å². The van der Waals surface area contributed by atoms with Gasteiger partial charge in [-0.05, 0) is 12.8 Å². The molecule has 0 aromatic heterocycles. The first-order chi connectivity index (χ1) is 4.81. The van der Waals surface area contributed by atoms with E-state index in [1.807, 2.05) is 0 Å². The van der Waals surface area contributed by atoms with Crippen LogP contribution in [-0.4, -0.2) is 24.6 Å². The highest BCUT2D eigenvalue weighted by Gasteiger charge is 1.98. The summed E-state index contributed by atoms with van der Waals surface area (Å²) in [5.41, 5.74) is 0. The molecule has 2 nitrogen and oxygen atoms in total. The van der Waals surface area contributed by atoms with Crippen molar-refractivity contribution in [3.05, 3.63) is 0 Å². The Bertz CT molecular complexity index is 97.7. The number of hydrogen-bond donors (Lipinski definition) is 0. The maximum Gasteiger partial charge on any atom is 0.337 e. The molecule has 0 aliphatic rings. The minimum Gasteiger partial charge on any atom is -0.464 e. The Morgan fingerprint density at radius 1 is 1.50 bits per heavy atom. The number of carbonyl (C=O) groups excluding carboxylic acids is 1. The third-order valence-corrected chi connectivity index (χ3v) is 1.46. The molecule has 4 heteroatoms. The van der Waals surface area contributed by atoms with Gasteiger partial charge in [0.2, 0.25) is 0 Å². The number of halogens is 2. The van der Waals surface area contributed by atoms with Gasteiger partial charge in [-0.1, -0.05) is 15.9 Å². The summed E-state index contributed by atoms with van der Waals surface area (Å²) in [4.78, 5) is 10.2. The van der Waals surface area contributed by atoms with Crippen LogP contribution >= 0.6 is 15.9 Å². The van der Waals surface area contributed by atoms with E-state index in [-0.39, 0.29) is 0 Å². The third kappa shape index (κ3) is 6.01. The molecule has 10 heavy (non-hydrogen) atoms. The maximum absolute atomic E-state index is 11.4.